The minimum atomic E-state index is -3.55. The molecule has 1 rings (SSSR count). The van der Waals surface area contributed by atoms with Crippen LogP contribution < -0.4 is 9.46 Å². The Morgan fingerprint density at radius 1 is 1.29 bits per heavy atom. The number of rotatable bonds is 9. The van der Waals surface area contributed by atoms with E-state index < -0.39 is 10.0 Å². The summed E-state index contributed by atoms with van der Waals surface area (Å²) >= 11 is 0. The molecule has 0 heterocycles. The van der Waals surface area contributed by atoms with Gasteiger partial charge >= 0.3 is 0 Å². The van der Waals surface area contributed by atoms with Crippen molar-refractivity contribution in [2.45, 2.75) is 24.3 Å². The second kappa shape index (κ2) is 8.33. The summed E-state index contributed by atoms with van der Waals surface area (Å²) in [6.45, 7) is 1.06. The van der Waals surface area contributed by atoms with Gasteiger partial charge in [-0.05, 0) is 51.7 Å². The second-order valence-electron chi connectivity index (χ2n) is 5.04. The Labute approximate surface area is 126 Å². The van der Waals surface area contributed by atoms with Gasteiger partial charge < -0.3 is 14.7 Å². The maximum atomic E-state index is 12.2. The van der Waals surface area contributed by atoms with Crippen LogP contribution in [-0.4, -0.2) is 52.7 Å². The quantitative estimate of drug-likeness (QED) is 0.659. The van der Waals surface area contributed by atoms with Crippen LogP contribution in [0.15, 0.2) is 23.1 Å². The predicted octanol–water partition coefficient (Wildman–Crippen LogP) is 0.808. The molecule has 0 amide bonds. The highest BCUT2D eigenvalue weighted by atomic mass is 32.2. The lowest BCUT2D eigenvalue weighted by Gasteiger charge is -2.11. The smallest absolute Gasteiger partial charge is 0.240 e. The Hall–Kier alpha value is -1.15. The summed E-state index contributed by atoms with van der Waals surface area (Å²) in [7, 11) is 1.90. The van der Waals surface area contributed by atoms with Crippen LogP contribution in [0.3, 0.4) is 0 Å². The molecule has 7 heteroatoms. The van der Waals surface area contributed by atoms with Crippen LogP contribution >= 0.6 is 0 Å². The third-order valence-corrected chi connectivity index (χ3v) is 4.52. The van der Waals surface area contributed by atoms with Crippen molar-refractivity contribution in [2.75, 3.05) is 34.3 Å². The molecule has 0 aliphatic rings. The summed E-state index contributed by atoms with van der Waals surface area (Å²) in [4.78, 5) is 2.20. The number of benzene rings is 1. The molecule has 0 aromatic heterocycles. The van der Waals surface area contributed by atoms with Gasteiger partial charge in [0.25, 0.3) is 0 Å². The number of aliphatic hydroxyl groups is 1. The highest BCUT2D eigenvalue weighted by Crippen LogP contribution is 2.22. The summed E-state index contributed by atoms with van der Waals surface area (Å²) < 4.78 is 31.9. The normalized spacial score (nSPS) is 11.9. The number of unbranched alkanes of at least 4 members (excludes halogenated alkanes) is 1. The molecule has 0 unspecified atom stereocenters. The first-order valence-corrected chi connectivity index (χ1v) is 8.31. The Balaban J connectivity index is 2.66. The van der Waals surface area contributed by atoms with Gasteiger partial charge in [0.1, 0.15) is 5.75 Å². The topological polar surface area (TPSA) is 78.9 Å². The van der Waals surface area contributed by atoms with Gasteiger partial charge in [-0.3, -0.25) is 0 Å². The molecule has 1 aromatic carbocycles. The number of sulfonamides is 1. The molecule has 0 radical (unpaired) electrons. The number of nitrogens with zero attached hydrogens (tertiary/aromatic N) is 1. The van der Waals surface area contributed by atoms with Crippen LogP contribution in [0.2, 0.25) is 0 Å². The summed E-state index contributed by atoms with van der Waals surface area (Å²) in [6.07, 6.45) is 1.71. The van der Waals surface area contributed by atoms with Crippen molar-refractivity contribution < 1.29 is 18.3 Å². The number of hydrogen-bond donors (Lipinski definition) is 2. The summed E-state index contributed by atoms with van der Waals surface area (Å²) in [5.74, 6) is 0.474. The molecule has 6 nitrogen and oxygen atoms in total. The van der Waals surface area contributed by atoms with Crippen LogP contribution in [-0.2, 0) is 16.6 Å². The van der Waals surface area contributed by atoms with E-state index in [-0.39, 0.29) is 11.5 Å². The van der Waals surface area contributed by atoms with E-state index in [0.29, 0.717) is 17.9 Å². The average molecular weight is 316 g/mol. The number of hydrogen-bond acceptors (Lipinski definition) is 5. The molecule has 0 aliphatic heterocycles. The molecule has 1 aromatic rings. The Morgan fingerprint density at radius 2 is 2.00 bits per heavy atom. The predicted molar refractivity (Wildman–Crippen MR) is 81.9 cm³/mol. The molecule has 21 heavy (non-hydrogen) atoms. The van der Waals surface area contributed by atoms with Crippen molar-refractivity contribution in [3.05, 3.63) is 23.8 Å². The van der Waals surface area contributed by atoms with E-state index in [2.05, 4.69) is 9.62 Å². The van der Waals surface area contributed by atoms with Crippen LogP contribution in [0.5, 0.6) is 5.75 Å². The first kappa shape index (κ1) is 17.9. The Kier molecular flexibility index (Phi) is 7.10. The fraction of sp³-hybridized carbons (Fsp3) is 0.571. The Morgan fingerprint density at radius 3 is 2.57 bits per heavy atom. The highest BCUT2D eigenvalue weighted by Gasteiger charge is 2.15. The summed E-state index contributed by atoms with van der Waals surface area (Å²) in [5.41, 5.74) is 0.452. The van der Waals surface area contributed by atoms with E-state index in [0.717, 1.165) is 19.4 Å². The molecule has 0 spiro atoms. The number of ether oxygens (including phenoxy) is 1. The second-order valence-corrected chi connectivity index (χ2v) is 6.81. The van der Waals surface area contributed by atoms with Crippen molar-refractivity contribution in [2.24, 2.45) is 0 Å². The minimum Gasteiger partial charge on any atom is -0.496 e. The van der Waals surface area contributed by atoms with Gasteiger partial charge in [-0.1, -0.05) is 0 Å². The van der Waals surface area contributed by atoms with Gasteiger partial charge in [0.2, 0.25) is 10.0 Å². The van der Waals surface area contributed by atoms with Crippen LogP contribution in [0.4, 0.5) is 0 Å². The molecular weight excluding hydrogens is 292 g/mol. The number of aliphatic hydroxyl groups excluding tert-OH is 1. The first-order valence-electron chi connectivity index (χ1n) is 6.83. The van der Waals surface area contributed by atoms with Gasteiger partial charge in [0.15, 0.2) is 0 Å². The molecule has 0 atom stereocenters. The minimum absolute atomic E-state index is 0.139. The van der Waals surface area contributed by atoms with Crippen LogP contribution in [0, 0.1) is 0 Å². The number of nitrogens with one attached hydrogen (secondary N) is 1. The van der Waals surface area contributed by atoms with E-state index in [4.69, 9.17) is 4.74 Å². The van der Waals surface area contributed by atoms with Crippen LogP contribution in [0.25, 0.3) is 0 Å². The van der Waals surface area contributed by atoms with Gasteiger partial charge in [-0.2, -0.15) is 0 Å². The zero-order valence-electron chi connectivity index (χ0n) is 12.8. The van der Waals surface area contributed by atoms with E-state index in [1.54, 1.807) is 6.07 Å². The third-order valence-electron chi connectivity index (χ3n) is 3.06. The summed E-state index contributed by atoms with van der Waals surface area (Å²) in [5, 5.41) is 9.24. The molecule has 0 bridgehead atoms. The lowest BCUT2D eigenvalue weighted by Crippen LogP contribution is -2.25. The molecule has 0 aliphatic carbocycles. The van der Waals surface area contributed by atoms with Crippen LogP contribution in [0.1, 0.15) is 18.4 Å². The van der Waals surface area contributed by atoms with Gasteiger partial charge in [-0.15, -0.1) is 0 Å². The van der Waals surface area contributed by atoms with Gasteiger partial charge in [-0.25, -0.2) is 13.1 Å². The van der Waals surface area contributed by atoms with Gasteiger partial charge in [0, 0.05) is 12.1 Å². The van der Waals surface area contributed by atoms with Crippen molar-refractivity contribution in [1.29, 1.82) is 0 Å². The van der Waals surface area contributed by atoms with Crippen molar-refractivity contribution in [1.82, 2.24) is 9.62 Å². The maximum absolute atomic E-state index is 12.2. The fourth-order valence-corrected chi connectivity index (χ4v) is 3.01. The van der Waals surface area contributed by atoms with Crippen molar-refractivity contribution >= 4 is 10.0 Å². The molecule has 0 saturated heterocycles. The van der Waals surface area contributed by atoms with Crippen molar-refractivity contribution in [3.63, 3.8) is 0 Å². The van der Waals surface area contributed by atoms with Gasteiger partial charge in [0.05, 0.1) is 18.6 Å². The zero-order chi connectivity index (χ0) is 15.9. The first-order chi connectivity index (χ1) is 9.90. The Bertz CT molecular complexity index is 544. The fourth-order valence-electron chi connectivity index (χ4n) is 1.89. The monoisotopic (exact) mass is 316 g/mol. The molecular formula is C14H24N2O4S. The molecule has 0 saturated carbocycles. The van der Waals surface area contributed by atoms with Crippen molar-refractivity contribution in [3.8, 4) is 5.75 Å². The average Bonchev–Trinajstić information content (AvgIpc) is 2.45. The zero-order valence-corrected chi connectivity index (χ0v) is 13.6. The SMILES string of the molecule is COc1ccc(S(=O)(=O)NCCCCN(C)C)cc1CO. The highest BCUT2D eigenvalue weighted by molar-refractivity contribution is 7.89. The largest absolute Gasteiger partial charge is 0.496 e. The summed E-state index contributed by atoms with van der Waals surface area (Å²) in [6, 6.07) is 4.45. The van der Waals surface area contributed by atoms with E-state index in [1.807, 2.05) is 14.1 Å². The van der Waals surface area contributed by atoms with E-state index in [1.165, 1.54) is 19.2 Å². The lowest BCUT2D eigenvalue weighted by atomic mass is 10.2. The molecule has 2 N–H and O–H groups in total. The van der Waals surface area contributed by atoms with E-state index >= 15 is 0 Å². The van der Waals surface area contributed by atoms with E-state index in [9.17, 15) is 13.5 Å². The maximum Gasteiger partial charge on any atom is 0.240 e. The molecule has 0 fully saturated rings. The number of methoxy groups -OCH3 is 1. The third kappa shape index (κ3) is 5.62. The standard InChI is InChI=1S/C14H24N2O4S/c1-16(2)9-5-4-8-15-21(18,19)13-6-7-14(20-3)12(10-13)11-17/h6-7,10,15,17H,4-5,8-9,11H2,1-3H3. The molecule has 120 valence electrons. The lowest BCUT2D eigenvalue weighted by molar-refractivity contribution is 0.273.